The van der Waals surface area contributed by atoms with Crippen molar-refractivity contribution >= 4 is 5.97 Å². The summed E-state index contributed by atoms with van der Waals surface area (Å²) < 4.78 is 26.9. The van der Waals surface area contributed by atoms with Gasteiger partial charge in [0.1, 0.15) is 5.69 Å². The first-order valence-corrected chi connectivity index (χ1v) is 5.91. The summed E-state index contributed by atoms with van der Waals surface area (Å²) >= 11 is 0. The Hall–Kier alpha value is -2.31. The van der Waals surface area contributed by atoms with Crippen LogP contribution in [0.15, 0.2) is 18.2 Å². The van der Waals surface area contributed by atoms with Gasteiger partial charge in [-0.3, -0.25) is 0 Å². The first kappa shape index (κ1) is 14.1. The molecule has 0 unspecified atom stereocenters. The van der Waals surface area contributed by atoms with Gasteiger partial charge in [0.2, 0.25) is 0 Å². The summed E-state index contributed by atoms with van der Waals surface area (Å²) in [6.45, 7) is 3.92. The van der Waals surface area contributed by atoms with Crippen LogP contribution in [0.2, 0.25) is 0 Å². The fourth-order valence-electron chi connectivity index (χ4n) is 1.88. The smallest absolute Gasteiger partial charge is 0.358 e. The molecule has 0 saturated heterocycles. The van der Waals surface area contributed by atoms with Gasteiger partial charge in [0.25, 0.3) is 6.43 Å². The normalized spacial score (nSPS) is 11.1. The lowest BCUT2D eigenvalue weighted by Gasteiger charge is -2.08. The van der Waals surface area contributed by atoms with Crippen molar-refractivity contribution in [2.75, 3.05) is 0 Å². The Morgan fingerprint density at radius 2 is 2.05 bits per heavy atom. The number of aromatic carboxylic acids is 1. The van der Waals surface area contributed by atoms with Crippen molar-refractivity contribution in [3.05, 3.63) is 46.3 Å². The van der Waals surface area contributed by atoms with Crippen LogP contribution in [0.1, 0.15) is 39.3 Å². The summed E-state index contributed by atoms with van der Waals surface area (Å²) in [7, 11) is 0. The van der Waals surface area contributed by atoms with Crippen LogP contribution in [-0.2, 0) is 6.54 Å². The molecule has 5 nitrogen and oxygen atoms in total. The molecule has 7 heteroatoms. The zero-order chi connectivity index (χ0) is 14.9. The molecule has 0 saturated carbocycles. The van der Waals surface area contributed by atoms with Crippen molar-refractivity contribution in [2.45, 2.75) is 26.8 Å². The van der Waals surface area contributed by atoms with Crippen molar-refractivity contribution in [1.82, 2.24) is 15.0 Å². The van der Waals surface area contributed by atoms with Gasteiger partial charge in [0.05, 0.1) is 6.54 Å². The second-order valence-electron chi connectivity index (χ2n) is 4.51. The minimum atomic E-state index is -2.94. The van der Waals surface area contributed by atoms with E-state index < -0.39 is 23.8 Å². The van der Waals surface area contributed by atoms with E-state index in [0.717, 1.165) is 21.4 Å². The van der Waals surface area contributed by atoms with Gasteiger partial charge >= 0.3 is 5.97 Å². The minimum absolute atomic E-state index is 0.0566. The molecule has 0 fully saturated rings. The number of carboxylic acids is 1. The lowest BCUT2D eigenvalue weighted by atomic mass is 10.1. The second kappa shape index (κ2) is 5.36. The maximum atomic E-state index is 13.0. The topological polar surface area (TPSA) is 68.0 Å². The van der Waals surface area contributed by atoms with E-state index in [1.807, 2.05) is 26.0 Å². The molecule has 0 radical (unpaired) electrons. The number of alkyl halides is 2. The number of rotatable bonds is 4. The van der Waals surface area contributed by atoms with Crippen molar-refractivity contribution in [3.63, 3.8) is 0 Å². The number of hydrogen-bond acceptors (Lipinski definition) is 3. The standard InChI is InChI=1S/C13H13F2N3O2/c1-7-3-4-9(5-8(7)2)6-18-11(12(14)15)10(13(19)20)16-17-18/h3-5,12H,6H2,1-2H3,(H,19,20). The van der Waals surface area contributed by atoms with Gasteiger partial charge in [0, 0.05) is 0 Å². The van der Waals surface area contributed by atoms with Crippen LogP contribution in [-0.4, -0.2) is 26.1 Å². The van der Waals surface area contributed by atoms with Crippen LogP contribution in [0.5, 0.6) is 0 Å². The summed E-state index contributed by atoms with van der Waals surface area (Å²) in [6.07, 6.45) is -2.94. The third-order valence-corrected chi connectivity index (χ3v) is 3.09. The summed E-state index contributed by atoms with van der Waals surface area (Å²) in [4.78, 5) is 10.8. The largest absolute Gasteiger partial charge is 0.476 e. The monoisotopic (exact) mass is 281 g/mol. The molecule has 0 atom stereocenters. The zero-order valence-electron chi connectivity index (χ0n) is 11.0. The summed E-state index contributed by atoms with van der Waals surface area (Å²) in [5.74, 6) is -1.51. The number of nitrogens with zero attached hydrogens (tertiary/aromatic N) is 3. The maximum absolute atomic E-state index is 13.0. The van der Waals surface area contributed by atoms with Crippen molar-refractivity contribution in [2.24, 2.45) is 0 Å². The van der Waals surface area contributed by atoms with E-state index in [0.29, 0.717) is 0 Å². The quantitative estimate of drug-likeness (QED) is 0.935. The molecule has 2 rings (SSSR count). The Bertz CT molecular complexity index is 653. The second-order valence-corrected chi connectivity index (χ2v) is 4.51. The average Bonchev–Trinajstić information content (AvgIpc) is 2.78. The molecule has 0 aliphatic carbocycles. The molecule has 1 aromatic carbocycles. The molecule has 0 aliphatic rings. The van der Waals surface area contributed by atoms with E-state index in [1.54, 1.807) is 6.07 Å². The van der Waals surface area contributed by atoms with E-state index in [9.17, 15) is 13.6 Å². The number of carboxylic acid groups (broad SMARTS) is 1. The van der Waals surface area contributed by atoms with Gasteiger partial charge in [0.15, 0.2) is 5.69 Å². The fourth-order valence-corrected chi connectivity index (χ4v) is 1.88. The zero-order valence-corrected chi connectivity index (χ0v) is 11.0. The van der Waals surface area contributed by atoms with Crippen LogP contribution < -0.4 is 0 Å². The molecule has 0 spiro atoms. The third kappa shape index (κ3) is 2.66. The van der Waals surface area contributed by atoms with E-state index in [-0.39, 0.29) is 6.54 Å². The molecule has 1 aromatic heterocycles. The predicted molar refractivity (Wildman–Crippen MR) is 67.0 cm³/mol. The van der Waals surface area contributed by atoms with Gasteiger partial charge in [-0.05, 0) is 30.5 Å². The Labute approximate surface area is 113 Å². The number of hydrogen-bond donors (Lipinski definition) is 1. The molecule has 0 amide bonds. The number of carbonyl (C=O) groups is 1. The lowest BCUT2D eigenvalue weighted by molar-refractivity contribution is 0.0675. The first-order chi connectivity index (χ1) is 9.40. The van der Waals surface area contributed by atoms with Crippen molar-refractivity contribution in [1.29, 1.82) is 0 Å². The van der Waals surface area contributed by atoms with Crippen LogP contribution in [0, 0.1) is 13.8 Å². The first-order valence-electron chi connectivity index (χ1n) is 5.91. The van der Waals surface area contributed by atoms with E-state index in [2.05, 4.69) is 10.3 Å². The highest BCUT2D eigenvalue weighted by molar-refractivity contribution is 5.86. The Morgan fingerprint density at radius 3 is 2.60 bits per heavy atom. The van der Waals surface area contributed by atoms with Gasteiger partial charge < -0.3 is 5.11 Å². The number of benzene rings is 1. The SMILES string of the molecule is Cc1ccc(Cn2nnc(C(=O)O)c2C(F)F)cc1C. The van der Waals surface area contributed by atoms with E-state index in [1.165, 1.54) is 0 Å². The highest BCUT2D eigenvalue weighted by atomic mass is 19.3. The van der Waals surface area contributed by atoms with Gasteiger partial charge in [-0.1, -0.05) is 23.4 Å². The summed E-state index contributed by atoms with van der Waals surface area (Å²) in [6, 6.07) is 5.52. The Balaban J connectivity index is 2.38. The molecule has 2 aromatic rings. The van der Waals surface area contributed by atoms with Gasteiger partial charge in [-0.2, -0.15) is 0 Å². The van der Waals surface area contributed by atoms with Crippen LogP contribution in [0.25, 0.3) is 0 Å². The van der Waals surface area contributed by atoms with Crippen molar-refractivity contribution in [3.8, 4) is 0 Å². The maximum Gasteiger partial charge on any atom is 0.358 e. The van der Waals surface area contributed by atoms with E-state index >= 15 is 0 Å². The fraction of sp³-hybridized carbons (Fsp3) is 0.308. The average molecular weight is 281 g/mol. The molecular formula is C13H13F2N3O2. The number of halogens is 2. The Morgan fingerprint density at radius 1 is 1.35 bits per heavy atom. The molecule has 106 valence electrons. The minimum Gasteiger partial charge on any atom is -0.476 e. The molecule has 1 N–H and O–H groups in total. The van der Waals surface area contributed by atoms with Crippen LogP contribution in [0.3, 0.4) is 0 Å². The lowest BCUT2D eigenvalue weighted by Crippen LogP contribution is -2.10. The molecule has 20 heavy (non-hydrogen) atoms. The predicted octanol–water partition coefficient (Wildman–Crippen LogP) is 2.58. The highest BCUT2D eigenvalue weighted by Gasteiger charge is 2.26. The van der Waals surface area contributed by atoms with Crippen LogP contribution in [0.4, 0.5) is 8.78 Å². The summed E-state index contributed by atoms with van der Waals surface area (Å²) in [5.41, 5.74) is 1.50. The van der Waals surface area contributed by atoms with Crippen molar-refractivity contribution < 1.29 is 18.7 Å². The molecule has 0 aliphatic heterocycles. The Kier molecular flexibility index (Phi) is 3.78. The van der Waals surface area contributed by atoms with Gasteiger partial charge in [-0.25, -0.2) is 18.3 Å². The third-order valence-electron chi connectivity index (χ3n) is 3.09. The van der Waals surface area contributed by atoms with Gasteiger partial charge in [-0.15, -0.1) is 5.10 Å². The highest BCUT2D eigenvalue weighted by Crippen LogP contribution is 2.22. The summed E-state index contributed by atoms with van der Waals surface area (Å²) in [5, 5.41) is 15.6. The molecule has 0 bridgehead atoms. The molecular weight excluding hydrogens is 268 g/mol. The number of aryl methyl sites for hydroxylation is 2. The van der Waals surface area contributed by atoms with E-state index in [4.69, 9.17) is 5.11 Å². The molecule has 1 heterocycles. The van der Waals surface area contributed by atoms with Crippen LogP contribution >= 0.6 is 0 Å². The number of aromatic nitrogens is 3.